The van der Waals surface area contributed by atoms with Crippen LogP contribution in [0.5, 0.6) is 0 Å². The van der Waals surface area contributed by atoms with Crippen LogP contribution in [0.25, 0.3) is 0 Å². The molecule has 1 atom stereocenters. The van der Waals surface area contributed by atoms with Crippen molar-refractivity contribution in [1.82, 2.24) is 5.32 Å². The molecule has 0 heterocycles. The van der Waals surface area contributed by atoms with Crippen LogP contribution in [0.15, 0.2) is 0 Å². The van der Waals surface area contributed by atoms with E-state index < -0.39 is 5.60 Å². The second-order valence-corrected chi connectivity index (χ2v) is 6.09. The average molecular weight is 231 g/mol. The van der Waals surface area contributed by atoms with E-state index in [0.29, 0.717) is 6.04 Å². The number of hydrogen-bond acceptors (Lipinski definition) is 3. The topological polar surface area (TPSA) is 32.3 Å². The third kappa shape index (κ3) is 5.23. The van der Waals surface area contributed by atoms with E-state index in [0.717, 1.165) is 19.4 Å². The molecule has 2 N–H and O–H groups in total. The van der Waals surface area contributed by atoms with Crippen molar-refractivity contribution in [2.75, 3.05) is 18.1 Å². The lowest BCUT2D eigenvalue weighted by Crippen LogP contribution is -2.41. The van der Waals surface area contributed by atoms with Crippen molar-refractivity contribution in [2.45, 2.75) is 57.6 Å². The van der Waals surface area contributed by atoms with Gasteiger partial charge in [0.2, 0.25) is 0 Å². The van der Waals surface area contributed by atoms with Crippen LogP contribution in [0.2, 0.25) is 0 Å². The SMILES string of the molecule is CCSCCC(C)NCC1(O)CCCC1. The quantitative estimate of drug-likeness (QED) is 0.660. The standard InChI is InChI=1S/C12H25NOS/c1-3-15-9-6-11(2)13-10-12(14)7-4-5-8-12/h11,13-14H,3-10H2,1-2H3. The molecule has 1 unspecified atom stereocenters. The molecule has 1 aliphatic carbocycles. The van der Waals surface area contributed by atoms with E-state index in [4.69, 9.17) is 0 Å². The van der Waals surface area contributed by atoms with Crippen molar-refractivity contribution in [2.24, 2.45) is 0 Å². The second-order valence-electron chi connectivity index (χ2n) is 4.70. The van der Waals surface area contributed by atoms with Crippen LogP contribution in [-0.2, 0) is 0 Å². The highest BCUT2D eigenvalue weighted by atomic mass is 32.2. The minimum absolute atomic E-state index is 0.397. The van der Waals surface area contributed by atoms with E-state index in [9.17, 15) is 5.11 Å². The lowest BCUT2D eigenvalue weighted by molar-refractivity contribution is 0.0453. The summed E-state index contributed by atoms with van der Waals surface area (Å²) in [5.41, 5.74) is -0.397. The number of nitrogens with one attached hydrogen (secondary N) is 1. The molecule has 0 radical (unpaired) electrons. The molecule has 0 aromatic rings. The zero-order chi connectivity index (χ0) is 11.1. The summed E-state index contributed by atoms with van der Waals surface area (Å²) in [7, 11) is 0. The highest BCUT2D eigenvalue weighted by molar-refractivity contribution is 7.99. The van der Waals surface area contributed by atoms with E-state index in [1.165, 1.54) is 30.8 Å². The Bertz CT molecular complexity index is 169. The summed E-state index contributed by atoms with van der Waals surface area (Å²) in [5, 5.41) is 13.6. The first-order valence-electron chi connectivity index (χ1n) is 6.20. The number of aliphatic hydroxyl groups is 1. The van der Waals surface area contributed by atoms with Gasteiger partial charge in [-0.05, 0) is 37.7 Å². The first-order valence-corrected chi connectivity index (χ1v) is 7.35. The van der Waals surface area contributed by atoms with E-state index in [1.54, 1.807) is 0 Å². The minimum Gasteiger partial charge on any atom is -0.389 e. The molecular weight excluding hydrogens is 206 g/mol. The maximum absolute atomic E-state index is 10.1. The second kappa shape index (κ2) is 6.77. The summed E-state index contributed by atoms with van der Waals surface area (Å²) in [6.07, 6.45) is 5.55. The molecule has 0 aromatic heterocycles. The predicted octanol–water partition coefficient (Wildman–Crippen LogP) is 2.41. The van der Waals surface area contributed by atoms with Gasteiger partial charge in [0.1, 0.15) is 0 Å². The zero-order valence-corrected chi connectivity index (χ0v) is 10.9. The average Bonchev–Trinajstić information content (AvgIpc) is 2.64. The lowest BCUT2D eigenvalue weighted by atomic mass is 10.0. The van der Waals surface area contributed by atoms with Gasteiger partial charge in [0.25, 0.3) is 0 Å². The van der Waals surface area contributed by atoms with Gasteiger partial charge in [-0.2, -0.15) is 11.8 Å². The van der Waals surface area contributed by atoms with Crippen molar-refractivity contribution in [3.8, 4) is 0 Å². The minimum atomic E-state index is -0.397. The summed E-state index contributed by atoms with van der Waals surface area (Å²) in [6.45, 7) is 5.20. The summed E-state index contributed by atoms with van der Waals surface area (Å²) in [5.74, 6) is 2.43. The van der Waals surface area contributed by atoms with Gasteiger partial charge in [0.05, 0.1) is 5.60 Å². The fraction of sp³-hybridized carbons (Fsp3) is 1.00. The van der Waals surface area contributed by atoms with Gasteiger partial charge in [-0.15, -0.1) is 0 Å². The van der Waals surface area contributed by atoms with E-state index in [1.807, 2.05) is 11.8 Å². The molecule has 0 aliphatic heterocycles. The molecule has 1 saturated carbocycles. The molecule has 1 rings (SSSR count). The van der Waals surface area contributed by atoms with Crippen LogP contribution in [0.3, 0.4) is 0 Å². The molecule has 0 bridgehead atoms. The van der Waals surface area contributed by atoms with Gasteiger partial charge >= 0.3 is 0 Å². The van der Waals surface area contributed by atoms with E-state index in [-0.39, 0.29) is 0 Å². The van der Waals surface area contributed by atoms with Gasteiger partial charge < -0.3 is 10.4 Å². The van der Waals surface area contributed by atoms with E-state index >= 15 is 0 Å². The molecule has 3 heteroatoms. The third-order valence-electron chi connectivity index (χ3n) is 3.21. The van der Waals surface area contributed by atoms with Crippen molar-refractivity contribution >= 4 is 11.8 Å². The van der Waals surface area contributed by atoms with Gasteiger partial charge in [-0.25, -0.2) is 0 Å². The summed E-state index contributed by atoms with van der Waals surface area (Å²) in [4.78, 5) is 0. The van der Waals surface area contributed by atoms with Crippen LogP contribution in [0.4, 0.5) is 0 Å². The molecule has 0 saturated heterocycles. The molecule has 2 nitrogen and oxygen atoms in total. The first kappa shape index (κ1) is 13.3. The van der Waals surface area contributed by atoms with Crippen LogP contribution < -0.4 is 5.32 Å². The zero-order valence-electron chi connectivity index (χ0n) is 10.1. The number of thioether (sulfide) groups is 1. The van der Waals surface area contributed by atoms with Crippen LogP contribution in [-0.4, -0.2) is 34.8 Å². The largest absolute Gasteiger partial charge is 0.389 e. The van der Waals surface area contributed by atoms with Crippen LogP contribution >= 0.6 is 11.8 Å². The van der Waals surface area contributed by atoms with Crippen LogP contribution in [0.1, 0.15) is 46.0 Å². The first-order chi connectivity index (χ1) is 7.16. The molecule has 0 spiro atoms. The molecule has 90 valence electrons. The van der Waals surface area contributed by atoms with Crippen molar-refractivity contribution < 1.29 is 5.11 Å². The Kier molecular flexibility index (Phi) is 6.02. The summed E-state index contributed by atoms with van der Waals surface area (Å²) < 4.78 is 0. The smallest absolute Gasteiger partial charge is 0.0771 e. The fourth-order valence-electron chi connectivity index (χ4n) is 2.08. The summed E-state index contributed by atoms with van der Waals surface area (Å²) >= 11 is 1.99. The molecule has 1 aliphatic rings. The van der Waals surface area contributed by atoms with Crippen molar-refractivity contribution in [1.29, 1.82) is 0 Å². The molecular formula is C12H25NOS. The fourth-order valence-corrected chi connectivity index (χ4v) is 2.89. The van der Waals surface area contributed by atoms with E-state index in [2.05, 4.69) is 19.2 Å². The molecule has 0 aromatic carbocycles. The van der Waals surface area contributed by atoms with Gasteiger partial charge in [0, 0.05) is 12.6 Å². The number of rotatable bonds is 7. The highest BCUT2D eigenvalue weighted by Crippen LogP contribution is 2.28. The molecule has 1 fully saturated rings. The maximum Gasteiger partial charge on any atom is 0.0771 e. The Morgan fingerprint density at radius 2 is 2.07 bits per heavy atom. The Labute approximate surface area is 98.2 Å². The Morgan fingerprint density at radius 3 is 2.67 bits per heavy atom. The molecule has 15 heavy (non-hydrogen) atoms. The molecule has 0 amide bonds. The van der Waals surface area contributed by atoms with Gasteiger partial charge in [-0.3, -0.25) is 0 Å². The maximum atomic E-state index is 10.1. The Hall–Kier alpha value is 0.270. The monoisotopic (exact) mass is 231 g/mol. The Balaban J connectivity index is 2.07. The van der Waals surface area contributed by atoms with Crippen molar-refractivity contribution in [3.05, 3.63) is 0 Å². The summed E-state index contributed by atoms with van der Waals surface area (Å²) in [6, 6.07) is 0.536. The van der Waals surface area contributed by atoms with Crippen LogP contribution in [0, 0.1) is 0 Å². The van der Waals surface area contributed by atoms with Gasteiger partial charge in [0.15, 0.2) is 0 Å². The predicted molar refractivity (Wildman–Crippen MR) is 68.5 cm³/mol. The number of hydrogen-bond donors (Lipinski definition) is 2. The van der Waals surface area contributed by atoms with Gasteiger partial charge in [-0.1, -0.05) is 19.8 Å². The third-order valence-corrected chi connectivity index (χ3v) is 4.15. The normalized spacial score (nSPS) is 21.8. The lowest BCUT2D eigenvalue weighted by Gasteiger charge is -2.25. The highest BCUT2D eigenvalue weighted by Gasteiger charge is 2.30. The van der Waals surface area contributed by atoms with Crippen molar-refractivity contribution in [3.63, 3.8) is 0 Å². The Morgan fingerprint density at radius 1 is 1.40 bits per heavy atom.